The monoisotopic (exact) mass is 399 g/mol. The van der Waals surface area contributed by atoms with Crippen LogP contribution in [0.15, 0.2) is 23.0 Å². The third kappa shape index (κ3) is 5.22. The number of carbonyl (C=O) groups is 2. The Morgan fingerprint density at radius 1 is 1.24 bits per heavy atom. The molecule has 3 rings (SSSR count). The minimum atomic E-state index is -0.600. The van der Waals surface area contributed by atoms with Gasteiger partial charge in [0.25, 0.3) is 11.5 Å². The normalized spacial score (nSPS) is 14.1. The second kappa shape index (κ2) is 9.20. The summed E-state index contributed by atoms with van der Waals surface area (Å²) < 4.78 is 6.83. The lowest BCUT2D eigenvalue weighted by Gasteiger charge is -2.14. The van der Waals surface area contributed by atoms with Crippen molar-refractivity contribution in [3.05, 3.63) is 39.9 Å². The van der Waals surface area contributed by atoms with E-state index in [1.807, 2.05) is 6.92 Å². The fourth-order valence-corrected chi connectivity index (χ4v) is 3.65. The first-order chi connectivity index (χ1) is 13.8. The molecule has 0 bridgehead atoms. The van der Waals surface area contributed by atoms with Crippen LogP contribution in [0.25, 0.3) is 10.9 Å². The zero-order valence-electron chi connectivity index (χ0n) is 17.4. The molecule has 2 aromatic rings. The molecule has 0 unspecified atom stereocenters. The molecule has 156 valence electrons. The molecular weight excluding hydrogens is 370 g/mol. The van der Waals surface area contributed by atoms with Gasteiger partial charge in [-0.15, -0.1) is 0 Å². The van der Waals surface area contributed by atoms with Crippen LogP contribution < -0.4 is 10.9 Å². The van der Waals surface area contributed by atoms with Crippen LogP contribution in [0.4, 0.5) is 0 Å². The topological polar surface area (TPSA) is 90.3 Å². The van der Waals surface area contributed by atoms with Crippen molar-refractivity contribution in [1.29, 1.82) is 0 Å². The van der Waals surface area contributed by atoms with Crippen molar-refractivity contribution in [2.45, 2.75) is 65.5 Å². The van der Waals surface area contributed by atoms with E-state index >= 15 is 0 Å². The summed E-state index contributed by atoms with van der Waals surface area (Å²) in [4.78, 5) is 41.4. The highest BCUT2D eigenvalue weighted by atomic mass is 16.5. The summed E-state index contributed by atoms with van der Waals surface area (Å²) >= 11 is 0. The Morgan fingerprint density at radius 2 is 2.03 bits per heavy atom. The van der Waals surface area contributed by atoms with E-state index < -0.39 is 5.97 Å². The Balaban J connectivity index is 1.57. The van der Waals surface area contributed by atoms with Crippen LogP contribution in [0, 0.1) is 5.92 Å². The minimum absolute atomic E-state index is 0.0416. The molecule has 0 radical (unpaired) electrons. The maximum Gasteiger partial charge on any atom is 0.338 e. The van der Waals surface area contributed by atoms with Gasteiger partial charge in [-0.25, -0.2) is 9.78 Å². The first kappa shape index (κ1) is 21.0. The number of fused-ring (bicyclic) bond motifs is 2. The minimum Gasteiger partial charge on any atom is -0.452 e. The average Bonchev–Trinajstić information content (AvgIpc) is 3.14. The van der Waals surface area contributed by atoms with Crippen molar-refractivity contribution in [2.75, 3.05) is 6.61 Å². The molecular formula is C22H29N3O4. The second-order valence-corrected chi connectivity index (χ2v) is 8.19. The molecule has 1 aliphatic heterocycles. The van der Waals surface area contributed by atoms with Gasteiger partial charge in [-0.3, -0.25) is 14.2 Å². The third-order valence-electron chi connectivity index (χ3n) is 5.21. The number of esters is 1. The summed E-state index contributed by atoms with van der Waals surface area (Å²) in [5.41, 5.74) is 0.694. The summed E-state index contributed by atoms with van der Waals surface area (Å²) in [5, 5.41) is 3.34. The molecule has 7 nitrogen and oxygen atoms in total. The maximum atomic E-state index is 12.5. The molecule has 7 heteroatoms. The number of benzene rings is 1. The number of amides is 1. The van der Waals surface area contributed by atoms with Crippen LogP contribution in [-0.4, -0.2) is 34.1 Å². The molecule has 1 aliphatic rings. The third-order valence-corrected chi connectivity index (χ3v) is 5.21. The Morgan fingerprint density at radius 3 is 2.79 bits per heavy atom. The number of nitrogens with zero attached hydrogens (tertiary/aromatic N) is 2. The fraction of sp³-hybridized carbons (Fsp3) is 0.545. The van der Waals surface area contributed by atoms with Gasteiger partial charge in [0.2, 0.25) is 0 Å². The molecule has 29 heavy (non-hydrogen) atoms. The summed E-state index contributed by atoms with van der Waals surface area (Å²) in [5.74, 6) is 0.480. The molecule has 1 amide bonds. The lowest BCUT2D eigenvalue weighted by molar-refractivity contribution is -0.124. The van der Waals surface area contributed by atoms with E-state index in [1.165, 1.54) is 0 Å². The summed E-state index contributed by atoms with van der Waals surface area (Å²) in [6.07, 6.45) is 4.73. The van der Waals surface area contributed by atoms with E-state index in [-0.39, 0.29) is 29.7 Å². The molecule has 0 saturated carbocycles. The number of carbonyl (C=O) groups excluding carboxylic acids is 2. The maximum absolute atomic E-state index is 12.5. The largest absolute Gasteiger partial charge is 0.452 e. The summed E-state index contributed by atoms with van der Waals surface area (Å²) in [6.45, 7) is 6.66. The van der Waals surface area contributed by atoms with E-state index in [1.54, 1.807) is 22.8 Å². The molecule has 0 fully saturated rings. The van der Waals surface area contributed by atoms with E-state index in [2.05, 4.69) is 24.1 Å². The number of aryl methyl sites for hydroxylation is 1. The van der Waals surface area contributed by atoms with Crippen LogP contribution in [0.2, 0.25) is 0 Å². The van der Waals surface area contributed by atoms with Crippen molar-refractivity contribution < 1.29 is 14.3 Å². The SMILES string of the molecule is CC(C)CCC[C@@H](C)NC(=O)COC(=O)c1ccc2c(=O)n3c(nc2c1)CCC3. The number of hydrogen-bond acceptors (Lipinski definition) is 5. The van der Waals surface area contributed by atoms with Crippen LogP contribution in [0.3, 0.4) is 0 Å². The number of aromatic nitrogens is 2. The van der Waals surface area contributed by atoms with Crippen molar-refractivity contribution in [3.8, 4) is 0 Å². The second-order valence-electron chi connectivity index (χ2n) is 8.19. The number of ether oxygens (including phenoxy) is 1. The quantitative estimate of drug-likeness (QED) is 0.690. The van der Waals surface area contributed by atoms with Gasteiger partial charge in [0.15, 0.2) is 6.61 Å². The van der Waals surface area contributed by atoms with Crippen LogP contribution in [-0.2, 0) is 22.5 Å². The summed E-state index contributed by atoms with van der Waals surface area (Å²) in [6, 6.07) is 4.75. The average molecular weight is 399 g/mol. The first-order valence-electron chi connectivity index (χ1n) is 10.3. The Bertz CT molecular complexity index is 964. The van der Waals surface area contributed by atoms with Crippen LogP contribution >= 0.6 is 0 Å². The zero-order valence-corrected chi connectivity index (χ0v) is 17.4. The lowest BCUT2D eigenvalue weighted by atomic mass is 10.0. The van der Waals surface area contributed by atoms with Gasteiger partial charge in [-0.1, -0.05) is 26.7 Å². The molecule has 1 aromatic carbocycles. The lowest BCUT2D eigenvalue weighted by Crippen LogP contribution is -2.35. The molecule has 0 saturated heterocycles. The van der Waals surface area contributed by atoms with E-state index in [9.17, 15) is 14.4 Å². The number of hydrogen-bond donors (Lipinski definition) is 1. The van der Waals surface area contributed by atoms with Crippen molar-refractivity contribution in [1.82, 2.24) is 14.9 Å². The Kier molecular flexibility index (Phi) is 6.67. The molecule has 1 aromatic heterocycles. The standard InChI is InChI=1S/C22H29N3O4/c1-14(2)6-4-7-15(3)23-20(26)13-29-22(28)16-9-10-17-18(12-16)24-19-8-5-11-25(19)21(17)27/h9-10,12,14-15H,4-8,11,13H2,1-3H3,(H,23,26)/t15-/m1/s1. The van der Waals surface area contributed by atoms with E-state index in [0.717, 1.165) is 37.9 Å². The van der Waals surface area contributed by atoms with Crippen LogP contribution in [0.1, 0.15) is 62.6 Å². The van der Waals surface area contributed by atoms with Gasteiger partial charge >= 0.3 is 5.97 Å². The predicted octanol–water partition coefficient (Wildman–Crippen LogP) is 2.83. The smallest absolute Gasteiger partial charge is 0.338 e. The molecule has 2 heterocycles. The van der Waals surface area contributed by atoms with Crippen LogP contribution in [0.5, 0.6) is 0 Å². The Labute approximate surface area is 170 Å². The number of rotatable bonds is 8. The zero-order chi connectivity index (χ0) is 21.0. The van der Waals surface area contributed by atoms with Gasteiger partial charge in [0.1, 0.15) is 5.82 Å². The molecule has 1 atom stereocenters. The predicted molar refractivity (Wildman–Crippen MR) is 111 cm³/mol. The van der Waals surface area contributed by atoms with Crippen molar-refractivity contribution >= 4 is 22.8 Å². The van der Waals surface area contributed by atoms with Gasteiger partial charge in [0, 0.05) is 19.0 Å². The number of nitrogens with one attached hydrogen (secondary N) is 1. The van der Waals surface area contributed by atoms with Gasteiger partial charge < -0.3 is 10.1 Å². The first-order valence-corrected chi connectivity index (χ1v) is 10.3. The highest BCUT2D eigenvalue weighted by Gasteiger charge is 2.18. The molecule has 1 N–H and O–H groups in total. The van der Waals surface area contributed by atoms with Gasteiger partial charge in [-0.2, -0.15) is 0 Å². The highest BCUT2D eigenvalue weighted by Crippen LogP contribution is 2.16. The Hall–Kier alpha value is -2.70. The van der Waals surface area contributed by atoms with Gasteiger partial charge in [-0.05, 0) is 43.9 Å². The highest BCUT2D eigenvalue weighted by molar-refractivity contribution is 5.95. The molecule has 0 spiro atoms. The van der Waals surface area contributed by atoms with E-state index in [0.29, 0.717) is 23.4 Å². The van der Waals surface area contributed by atoms with E-state index in [4.69, 9.17) is 4.74 Å². The molecule has 0 aliphatic carbocycles. The summed E-state index contributed by atoms with van der Waals surface area (Å²) in [7, 11) is 0. The fourth-order valence-electron chi connectivity index (χ4n) is 3.65. The van der Waals surface area contributed by atoms with Crippen molar-refractivity contribution in [3.63, 3.8) is 0 Å². The van der Waals surface area contributed by atoms with Crippen molar-refractivity contribution in [2.24, 2.45) is 5.92 Å². The van der Waals surface area contributed by atoms with Gasteiger partial charge in [0.05, 0.1) is 16.5 Å².